The van der Waals surface area contributed by atoms with Gasteiger partial charge in [0.1, 0.15) is 0 Å². The molecule has 0 aliphatic carbocycles. The van der Waals surface area contributed by atoms with Crippen molar-refractivity contribution in [3.05, 3.63) is 71.3 Å². The van der Waals surface area contributed by atoms with E-state index in [0.29, 0.717) is 6.42 Å². The summed E-state index contributed by atoms with van der Waals surface area (Å²) in [5, 5.41) is 0. The lowest BCUT2D eigenvalue weighted by Crippen LogP contribution is -1.99. The maximum atomic E-state index is 11.9. The van der Waals surface area contributed by atoms with Crippen molar-refractivity contribution in [3.63, 3.8) is 0 Å². The van der Waals surface area contributed by atoms with Crippen LogP contribution in [0, 0.1) is 6.92 Å². The Hall–Kier alpha value is -1.54. The maximum absolute atomic E-state index is 11.9. The summed E-state index contributed by atoms with van der Waals surface area (Å²) in [6.45, 7) is 2.12. The predicted molar refractivity (Wildman–Crippen MR) is 87.3 cm³/mol. The first-order chi connectivity index (χ1) is 9.75. The summed E-state index contributed by atoms with van der Waals surface area (Å²) < 4.78 is 0. The average Bonchev–Trinajstić information content (AvgIpc) is 2.48. The normalized spacial score (nSPS) is 10.4. The largest absolute Gasteiger partial charge is 0.294 e. The van der Waals surface area contributed by atoms with Gasteiger partial charge in [-0.1, -0.05) is 60.2 Å². The smallest absolute Gasteiger partial charge is 0.162 e. The fourth-order valence-corrected chi connectivity index (χ4v) is 3.00. The zero-order valence-electron chi connectivity index (χ0n) is 11.8. The molecule has 2 heteroatoms. The van der Waals surface area contributed by atoms with Gasteiger partial charge in [-0.3, -0.25) is 4.79 Å². The van der Waals surface area contributed by atoms with E-state index in [0.717, 1.165) is 23.5 Å². The van der Waals surface area contributed by atoms with E-state index in [-0.39, 0.29) is 5.78 Å². The van der Waals surface area contributed by atoms with E-state index >= 15 is 0 Å². The Kier molecular flexibility index (Phi) is 5.87. The van der Waals surface area contributed by atoms with Crippen molar-refractivity contribution in [2.45, 2.75) is 25.5 Å². The summed E-state index contributed by atoms with van der Waals surface area (Å²) in [5.74, 6) is 2.31. The van der Waals surface area contributed by atoms with Crippen LogP contribution in [0.15, 0.2) is 54.6 Å². The van der Waals surface area contributed by atoms with Crippen LogP contribution in [-0.4, -0.2) is 11.5 Å². The highest BCUT2D eigenvalue weighted by Crippen LogP contribution is 2.15. The third-order valence-electron chi connectivity index (χ3n) is 3.14. The number of Topliss-reactive ketones (excluding diaryl/α,β-unsaturated/α-hetero) is 1. The molecule has 0 aliphatic heterocycles. The number of thioether (sulfide) groups is 1. The first kappa shape index (κ1) is 14.9. The Morgan fingerprint density at radius 2 is 1.85 bits per heavy atom. The number of hydrogen-bond acceptors (Lipinski definition) is 2. The lowest BCUT2D eigenvalue weighted by molar-refractivity contribution is 0.0982. The van der Waals surface area contributed by atoms with E-state index in [9.17, 15) is 4.79 Å². The highest BCUT2D eigenvalue weighted by Gasteiger charge is 2.04. The van der Waals surface area contributed by atoms with Crippen molar-refractivity contribution in [1.29, 1.82) is 0 Å². The molecule has 2 aromatic rings. The van der Waals surface area contributed by atoms with Gasteiger partial charge in [0.2, 0.25) is 0 Å². The van der Waals surface area contributed by atoms with Crippen LogP contribution in [0.5, 0.6) is 0 Å². The van der Waals surface area contributed by atoms with Crippen LogP contribution in [0.2, 0.25) is 0 Å². The van der Waals surface area contributed by atoms with Crippen LogP contribution in [-0.2, 0) is 5.75 Å². The van der Waals surface area contributed by atoms with Crippen molar-refractivity contribution >= 4 is 17.5 Å². The molecule has 2 aromatic carbocycles. The lowest BCUT2D eigenvalue weighted by atomic mass is 10.1. The van der Waals surface area contributed by atoms with Gasteiger partial charge in [0.05, 0.1) is 0 Å². The molecule has 0 bridgehead atoms. The average molecular weight is 284 g/mol. The van der Waals surface area contributed by atoms with Gasteiger partial charge in [0, 0.05) is 17.7 Å². The minimum Gasteiger partial charge on any atom is -0.294 e. The molecule has 0 fully saturated rings. The first-order valence-corrected chi connectivity index (χ1v) is 8.13. The molecule has 0 radical (unpaired) electrons. The Morgan fingerprint density at radius 1 is 1.05 bits per heavy atom. The Balaban J connectivity index is 1.66. The second-order valence-corrected chi connectivity index (χ2v) is 6.04. The molecule has 0 N–H and O–H groups in total. The Bertz CT molecular complexity index is 548. The predicted octanol–water partition coefficient (Wildman–Crippen LogP) is 4.89. The van der Waals surface area contributed by atoms with Gasteiger partial charge in [0.15, 0.2) is 5.78 Å². The van der Waals surface area contributed by atoms with Crippen LogP contribution in [0.1, 0.15) is 34.3 Å². The van der Waals surface area contributed by atoms with Crippen molar-refractivity contribution in [2.75, 3.05) is 5.75 Å². The third-order valence-corrected chi connectivity index (χ3v) is 4.25. The quantitative estimate of drug-likeness (QED) is 0.532. The molecule has 20 heavy (non-hydrogen) atoms. The van der Waals surface area contributed by atoms with Gasteiger partial charge >= 0.3 is 0 Å². The van der Waals surface area contributed by atoms with E-state index in [4.69, 9.17) is 0 Å². The molecule has 1 nitrogen and oxygen atoms in total. The summed E-state index contributed by atoms with van der Waals surface area (Å²) in [6.07, 6.45) is 1.59. The molecule has 104 valence electrons. The van der Waals surface area contributed by atoms with Gasteiger partial charge < -0.3 is 0 Å². The number of benzene rings is 2. The molecule has 0 aromatic heterocycles. The lowest BCUT2D eigenvalue weighted by Gasteiger charge is -2.03. The maximum Gasteiger partial charge on any atom is 0.162 e. The van der Waals surface area contributed by atoms with E-state index in [1.165, 1.54) is 11.1 Å². The molecule has 0 unspecified atom stereocenters. The summed E-state index contributed by atoms with van der Waals surface area (Å²) >= 11 is 1.90. The number of hydrogen-bond donors (Lipinski definition) is 0. The molecule has 0 aliphatic rings. The minimum atomic E-state index is 0.252. The number of carbonyl (C=O) groups excluding carboxylic acids is 1. The van der Waals surface area contributed by atoms with Crippen LogP contribution in [0.3, 0.4) is 0 Å². The molecule has 2 rings (SSSR count). The zero-order valence-corrected chi connectivity index (χ0v) is 12.7. The van der Waals surface area contributed by atoms with Crippen molar-refractivity contribution in [1.82, 2.24) is 0 Å². The molecule has 0 spiro atoms. The van der Waals surface area contributed by atoms with Crippen LogP contribution in [0.25, 0.3) is 0 Å². The molecule has 0 amide bonds. The highest BCUT2D eigenvalue weighted by atomic mass is 32.2. The monoisotopic (exact) mass is 284 g/mol. The van der Waals surface area contributed by atoms with Gasteiger partial charge in [-0.2, -0.15) is 11.8 Å². The topological polar surface area (TPSA) is 17.1 Å². The third kappa shape index (κ3) is 4.86. The second-order valence-electron chi connectivity index (χ2n) is 4.93. The van der Waals surface area contributed by atoms with Crippen LogP contribution < -0.4 is 0 Å². The molecule has 0 saturated carbocycles. The van der Waals surface area contributed by atoms with E-state index in [1.807, 2.05) is 42.1 Å². The summed E-state index contributed by atoms with van der Waals surface area (Å²) in [7, 11) is 0. The van der Waals surface area contributed by atoms with Gasteiger partial charge in [-0.25, -0.2) is 0 Å². The van der Waals surface area contributed by atoms with Crippen molar-refractivity contribution in [3.8, 4) is 0 Å². The summed E-state index contributed by atoms with van der Waals surface area (Å²) in [6, 6.07) is 18.2. The number of carbonyl (C=O) groups is 1. The number of rotatable bonds is 7. The summed E-state index contributed by atoms with van der Waals surface area (Å²) in [4.78, 5) is 11.9. The number of aryl methyl sites for hydroxylation is 1. The van der Waals surface area contributed by atoms with Crippen LogP contribution >= 0.6 is 11.8 Å². The van der Waals surface area contributed by atoms with E-state index < -0.39 is 0 Å². The van der Waals surface area contributed by atoms with Gasteiger partial charge in [-0.05, 0) is 24.7 Å². The second kappa shape index (κ2) is 7.91. The highest BCUT2D eigenvalue weighted by molar-refractivity contribution is 7.98. The Labute approximate surface area is 125 Å². The SMILES string of the molecule is Cc1cccc(CSCCCC(=O)c2ccccc2)c1. The fourth-order valence-electron chi connectivity index (χ4n) is 2.10. The standard InChI is InChI=1S/C18H20OS/c1-15-7-5-8-16(13-15)14-20-12-6-11-18(19)17-9-3-2-4-10-17/h2-5,7-10,13H,6,11-12,14H2,1H3. The zero-order chi connectivity index (χ0) is 14.2. The minimum absolute atomic E-state index is 0.252. The first-order valence-electron chi connectivity index (χ1n) is 6.97. The van der Waals surface area contributed by atoms with Gasteiger partial charge in [-0.15, -0.1) is 0 Å². The summed E-state index contributed by atoms with van der Waals surface area (Å²) in [5.41, 5.74) is 3.50. The van der Waals surface area contributed by atoms with E-state index in [2.05, 4.69) is 31.2 Å². The number of ketones is 1. The molecule has 0 atom stereocenters. The molecule has 0 heterocycles. The van der Waals surface area contributed by atoms with E-state index in [1.54, 1.807) is 0 Å². The van der Waals surface area contributed by atoms with Crippen molar-refractivity contribution in [2.24, 2.45) is 0 Å². The Morgan fingerprint density at radius 3 is 2.60 bits per heavy atom. The van der Waals surface area contributed by atoms with Crippen LogP contribution in [0.4, 0.5) is 0 Å². The molecular weight excluding hydrogens is 264 g/mol. The molecular formula is C18H20OS. The molecule has 0 saturated heterocycles. The van der Waals surface area contributed by atoms with Crippen molar-refractivity contribution < 1.29 is 4.79 Å². The van der Waals surface area contributed by atoms with Gasteiger partial charge in [0.25, 0.3) is 0 Å². The fraction of sp³-hybridized carbons (Fsp3) is 0.278.